The van der Waals surface area contributed by atoms with E-state index in [-0.39, 0.29) is 24.0 Å². The first kappa shape index (κ1) is 27.7. The predicted molar refractivity (Wildman–Crippen MR) is 147 cm³/mol. The molecule has 3 aromatic rings. The van der Waals surface area contributed by atoms with Gasteiger partial charge < -0.3 is 15.0 Å². The first-order chi connectivity index (χ1) is 19.3. The quantitative estimate of drug-likeness (QED) is 0.356. The van der Waals surface area contributed by atoms with E-state index in [1.807, 2.05) is 4.90 Å². The summed E-state index contributed by atoms with van der Waals surface area (Å²) in [5.41, 5.74) is 1.67. The molecule has 1 saturated heterocycles. The average molecular weight is 612 g/mol. The van der Waals surface area contributed by atoms with E-state index in [9.17, 15) is 18.4 Å². The molecule has 1 atom stereocenters. The number of nitrogens with zero attached hydrogens (tertiary/aromatic N) is 4. The highest BCUT2D eigenvalue weighted by Crippen LogP contribution is 2.34. The van der Waals surface area contributed by atoms with E-state index in [0.29, 0.717) is 35.7 Å². The van der Waals surface area contributed by atoms with E-state index >= 15 is 0 Å². The largest absolute Gasteiger partial charge is 0.424 e. The van der Waals surface area contributed by atoms with Crippen molar-refractivity contribution in [3.8, 4) is 11.8 Å². The second-order valence-corrected chi connectivity index (χ2v) is 10.7. The number of halogens is 3. The summed E-state index contributed by atoms with van der Waals surface area (Å²) in [7, 11) is 0. The third kappa shape index (κ3) is 6.14. The van der Waals surface area contributed by atoms with Crippen LogP contribution in [0.3, 0.4) is 0 Å². The lowest BCUT2D eigenvalue weighted by molar-refractivity contribution is -0.127. The highest BCUT2D eigenvalue weighted by molar-refractivity contribution is 9.10. The van der Waals surface area contributed by atoms with Gasteiger partial charge in [-0.1, -0.05) is 31.0 Å². The number of carbonyl (C=O) groups is 2. The summed E-state index contributed by atoms with van der Waals surface area (Å²) in [4.78, 5) is 38.7. The number of ether oxygens (including phenoxy) is 1. The number of aromatic nitrogens is 2. The highest BCUT2D eigenvalue weighted by Gasteiger charge is 2.37. The number of carbonyl (C=O) groups excluding carboxylic acids is 2. The van der Waals surface area contributed by atoms with Crippen LogP contribution >= 0.6 is 15.9 Å². The average Bonchev–Trinajstić information content (AvgIpc) is 3.23. The van der Waals surface area contributed by atoms with Gasteiger partial charge >= 0.3 is 12.0 Å². The minimum absolute atomic E-state index is 0.146. The zero-order chi connectivity index (χ0) is 28.2. The number of urea groups is 1. The van der Waals surface area contributed by atoms with Crippen molar-refractivity contribution in [1.82, 2.24) is 25.1 Å². The van der Waals surface area contributed by atoms with Crippen LogP contribution in [0.2, 0.25) is 0 Å². The van der Waals surface area contributed by atoms with Crippen LogP contribution < -0.4 is 10.1 Å². The van der Waals surface area contributed by atoms with Crippen LogP contribution in [-0.2, 0) is 11.3 Å². The molecular formula is C29H28BrF2N5O3. The molecule has 1 unspecified atom stereocenters. The van der Waals surface area contributed by atoms with E-state index in [4.69, 9.17) is 4.74 Å². The van der Waals surface area contributed by atoms with Gasteiger partial charge in [-0.2, -0.15) is 0 Å². The molecule has 208 valence electrons. The summed E-state index contributed by atoms with van der Waals surface area (Å²) in [5.74, 6) is -1.14. The Balaban J connectivity index is 1.47. The van der Waals surface area contributed by atoms with Crippen LogP contribution in [0.15, 0.2) is 70.6 Å². The van der Waals surface area contributed by atoms with Crippen LogP contribution in [-0.4, -0.2) is 44.8 Å². The van der Waals surface area contributed by atoms with Gasteiger partial charge in [-0.25, -0.2) is 23.5 Å². The van der Waals surface area contributed by atoms with E-state index in [2.05, 4.69) is 31.2 Å². The number of likely N-dealkylation sites (tertiary alicyclic amines) is 1. The Labute approximate surface area is 239 Å². The molecule has 3 heterocycles. The molecular weight excluding hydrogens is 584 g/mol. The lowest BCUT2D eigenvalue weighted by Gasteiger charge is -2.37. The lowest BCUT2D eigenvalue weighted by atomic mass is 9.93. The number of nitrogens with one attached hydrogen (secondary N) is 1. The molecule has 2 aromatic carbocycles. The Morgan fingerprint density at radius 3 is 2.38 bits per heavy atom. The zero-order valence-corrected chi connectivity index (χ0v) is 23.5. The van der Waals surface area contributed by atoms with Crippen LogP contribution in [0.25, 0.3) is 0 Å². The van der Waals surface area contributed by atoms with Gasteiger partial charge in [0.15, 0.2) is 0 Å². The van der Waals surface area contributed by atoms with E-state index < -0.39 is 23.7 Å². The number of benzene rings is 2. The zero-order valence-electron chi connectivity index (χ0n) is 21.9. The molecule has 8 nitrogen and oxygen atoms in total. The van der Waals surface area contributed by atoms with Crippen LogP contribution in [0.1, 0.15) is 49.8 Å². The summed E-state index contributed by atoms with van der Waals surface area (Å²) in [6.07, 6.45) is 7.08. The summed E-state index contributed by atoms with van der Waals surface area (Å²) >= 11 is 3.29. The normalized spacial score (nSPS) is 17.9. The highest BCUT2D eigenvalue weighted by atomic mass is 79.9. The van der Waals surface area contributed by atoms with E-state index in [0.717, 1.165) is 42.3 Å². The number of allylic oxidation sites excluding steroid dienone is 1. The summed E-state index contributed by atoms with van der Waals surface area (Å²) in [6.45, 7) is 2.81. The molecule has 2 aliphatic rings. The van der Waals surface area contributed by atoms with E-state index in [1.165, 1.54) is 11.0 Å². The summed E-state index contributed by atoms with van der Waals surface area (Å²) in [6, 6.07) is 9.19. The maximum Gasteiger partial charge on any atom is 0.322 e. The van der Waals surface area contributed by atoms with Crippen molar-refractivity contribution in [1.29, 1.82) is 0 Å². The van der Waals surface area contributed by atoms with Crippen molar-refractivity contribution < 1.29 is 23.1 Å². The van der Waals surface area contributed by atoms with Crippen molar-refractivity contribution in [3.63, 3.8) is 0 Å². The molecule has 1 N–H and O–H groups in total. The smallest absolute Gasteiger partial charge is 0.322 e. The lowest BCUT2D eigenvalue weighted by Crippen LogP contribution is -2.49. The van der Waals surface area contributed by atoms with Gasteiger partial charge in [-0.05, 0) is 59.5 Å². The van der Waals surface area contributed by atoms with Gasteiger partial charge in [0.1, 0.15) is 17.4 Å². The topological polar surface area (TPSA) is 87.7 Å². The Kier molecular flexibility index (Phi) is 8.39. The summed E-state index contributed by atoms with van der Waals surface area (Å²) < 4.78 is 34.4. The van der Waals surface area contributed by atoms with Crippen molar-refractivity contribution >= 4 is 27.9 Å². The molecule has 0 spiro atoms. The van der Waals surface area contributed by atoms with Gasteiger partial charge in [-0.3, -0.25) is 9.69 Å². The minimum atomic E-state index is -0.756. The van der Waals surface area contributed by atoms with Gasteiger partial charge in [0.25, 0.3) is 5.91 Å². The van der Waals surface area contributed by atoms with Gasteiger partial charge in [0, 0.05) is 42.8 Å². The Morgan fingerprint density at radius 2 is 1.73 bits per heavy atom. The van der Waals surface area contributed by atoms with Gasteiger partial charge in [0.05, 0.1) is 22.6 Å². The summed E-state index contributed by atoms with van der Waals surface area (Å²) in [5, 5.41) is 2.94. The molecule has 1 fully saturated rings. The minimum Gasteiger partial charge on any atom is -0.424 e. The van der Waals surface area contributed by atoms with Crippen molar-refractivity contribution in [2.24, 2.45) is 0 Å². The molecule has 0 bridgehead atoms. The van der Waals surface area contributed by atoms with E-state index in [1.54, 1.807) is 43.6 Å². The van der Waals surface area contributed by atoms with Gasteiger partial charge in [-0.15, -0.1) is 0 Å². The maximum atomic E-state index is 14.5. The molecule has 40 heavy (non-hydrogen) atoms. The van der Waals surface area contributed by atoms with Crippen molar-refractivity contribution in [2.75, 3.05) is 13.1 Å². The van der Waals surface area contributed by atoms with Crippen LogP contribution in [0.4, 0.5) is 13.6 Å². The molecule has 0 aliphatic carbocycles. The molecule has 11 heteroatoms. The van der Waals surface area contributed by atoms with Crippen molar-refractivity contribution in [2.45, 2.75) is 45.2 Å². The monoisotopic (exact) mass is 611 g/mol. The maximum absolute atomic E-state index is 14.5. The molecule has 5 rings (SSSR count). The van der Waals surface area contributed by atoms with Crippen LogP contribution in [0, 0.1) is 11.6 Å². The molecule has 2 aliphatic heterocycles. The standard InChI is InChI=1S/C29H28BrF2N5O3/c1-18-25(27(38)36-12-4-2-3-5-13-36)26(35-29(39)37(18)17-20-6-9-22(31)14-24(20)32)19-7-10-23(11-8-19)40-28-33-15-21(30)16-34-28/h6-11,14-16,26H,2-5,12-13,17H2,1H3,(H,35,39). The third-order valence-electron chi connectivity index (χ3n) is 7.08. The third-order valence-corrected chi connectivity index (χ3v) is 7.49. The van der Waals surface area contributed by atoms with Gasteiger partial charge in [0.2, 0.25) is 0 Å². The number of hydrogen-bond acceptors (Lipinski definition) is 5. The Bertz CT molecular complexity index is 1420. The molecule has 3 amide bonds. The number of hydrogen-bond donors (Lipinski definition) is 1. The fourth-order valence-electron chi connectivity index (χ4n) is 4.95. The number of rotatable bonds is 6. The number of amides is 3. The Morgan fingerprint density at radius 1 is 1.05 bits per heavy atom. The first-order valence-corrected chi connectivity index (χ1v) is 13.9. The molecule has 1 aromatic heterocycles. The second-order valence-electron chi connectivity index (χ2n) is 9.76. The molecule has 0 saturated carbocycles. The first-order valence-electron chi connectivity index (χ1n) is 13.1. The fourth-order valence-corrected chi connectivity index (χ4v) is 5.15. The Hall–Kier alpha value is -3.86. The van der Waals surface area contributed by atoms with Crippen molar-refractivity contribution in [3.05, 3.63) is 93.4 Å². The SMILES string of the molecule is CC1=C(C(=O)N2CCCCCC2)C(c2ccc(Oc3ncc(Br)cn3)cc2)NC(=O)N1Cc1ccc(F)cc1F. The molecule has 0 radical (unpaired) electrons. The predicted octanol–water partition coefficient (Wildman–Crippen LogP) is 6.25. The fraction of sp³-hybridized carbons (Fsp3) is 0.310. The van der Waals surface area contributed by atoms with Crippen LogP contribution in [0.5, 0.6) is 11.8 Å². The second kappa shape index (κ2) is 12.1.